The number of benzene rings is 1. The Bertz CT molecular complexity index is 807. The maximum absolute atomic E-state index is 12.4. The first kappa shape index (κ1) is 25.0. The van der Waals surface area contributed by atoms with E-state index in [1.54, 1.807) is 0 Å². The molecule has 0 radical (unpaired) electrons. The van der Waals surface area contributed by atoms with Crippen LogP contribution < -0.4 is 5.32 Å². The smallest absolute Gasteiger partial charge is 0.410 e. The minimum absolute atomic E-state index is 0. The lowest BCUT2D eigenvalue weighted by Crippen LogP contribution is -2.57. The summed E-state index contributed by atoms with van der Waals surface area (Å²) in [6, 6.07) is 8.82. The maximum atomic E-state index is 12.4. The summed E-state index contributed by atoms with van der Waals surface area (Å²) in [6.45, 7) is 13.8. The number of halogens is 1. The van der Waals surface area contributed by atoms with Crippen molar-refractivity contribution in [2.75, 3.05) is 52.5 Å². The van der Waals surface area contributed by atoms with Crippen LogP contribution in [0.1, 0.15) is 31.9 Å². The van der Waals surface area contributed by atoms with Gasteiger partial charge in [-0.3, -0.25) is 9.89 Å². The minimum Gasteiger partial charge on any atom is -0.444 e. The number of guanidine groups is 1. The van der Waals surface area contributed by atoms with Gasteiger partial charge in [0.05, 0.1) is 25.8 Å². The molecule has 1 unspecified atom stereocenters. The lowest BCUT2D eigenvalue weighted by molar-refractivity contribution is 0.0137. The van der Waals surface area contributed by atoms with Gasteiger partial charge in [-0.05, 0) is 31.9 Å². The number of hydrogen-bond acceptors (Lipinski definition) is 7. The van der Waals surface area contributed by atoms with E-state index in [2.05, 4.69) is 39.4 Å². The van der Waals surface area contributed by atoms with Gasteiger partial charge in [0.1, 0.15) is 5.60 Å². The Kier molecular flexibility index (Phi) is 8.62. The fourth-order valence-corrected chi connectivity index (χ4v) is 4.28. The molecule has 9 heteroatoms. The minimum atomic E-state index is -0.471. The number of morpholine rings is 1. The van der Waals surface area contributed by atoms with Gasteiger partial charge in [-0.1, -0.05) is 24.3 Å². The van der Waals surface area contributed by atoms with E-state index in [0.29, 0.717) is 19.6 Å². The molecule has 3 aliphatic heterocycles. The molecule has 178 valence electrons. The Balaban J connectivity index is 0.00000289. The number of piperazine rings is 1. The SMILES string of the molecule is CC(C)(C)OC(=O)N1CCN2C(NCc3ccccc3CN3CCOCC3)=NCC2C1.I. The van der Waals surface area contributed by atoms with Crippen LogP contribution in [0.2, 0.25) is 0 Å². The molecule has 1 aromatic carbocycles. The maximum Gasteiger partial charge on any atom is 0.410 e. The van der Waals surface area contributed by atoms with Gasteiger partial charge in [0.2, 0.25) is 0 Å². The Hall–Kier alpha value is -1.59. The molecule has 0 saturated carbocycles. The second-order valence-electron chi connectivity index (χ2n) is 9.45. The first-order valence-corrected chi connectivity index (χ1v) is 11.3. The number of amides is 1. The van der Waals surface area contributed by atoms with Crippen molar-refractivity contribution in [2.45, 2.75) is 45.5 Å². The van der Waals surface area contributed by atoms with Crippen LogP contribution in [0.25, 0.3) is 0 Å². The number of aliphatic imine (C=N–C) groups is 1. The summed E-state index contributed by atoms with van der Waals surface area (Å²) in [5, 5.41) is 3.56. The van der Waals surface area contributed by atoms with Gasteiger partial charge in [-0.25, -0.2) is 4.79 Å². The zero-order valence-corrected chi connectivity index (χ0v) is 21.7. The standard InChI is InChI=1S/C23H35N5O3.HI/c1-23(2,3)31-22(29)27-8-9-28-20(17-27)15-25-21(28)24-14-18-6-4-5-7-19(18)16-26-10-12-30-13-11-26;/h4-7,20H,8-17H2,1-3H3,(H,24,25);1H. The monoisotopic (exact) mass is 557 g/mol. The predicted octanol–water partition coefficient (Wildman–Crippen LogP) is 2.52. The van der Waals surface area contributed by atoms with Gasteiger partial charge in [0.25, 0.3) is 0 Å². The van der Waals surface area contributed by atoms with Crippen LogP contribution in [-0.2, 0) is 22.6 Å². The molecule has 32 heavy (non-hydrogen) atoms. The number of fused-ring (bicyclic) bond motifs is 1. The van der Waals surface area contributed by atoms with E-state index in [1.165, 1.54) is 11.1 Å². The van der Waals surface area contributed by atoms with Crippen LogP contribution in [-0.4, -0.2) is 90.9 Å². The Morgan fingerprint density at radius 2 is 1.88 bits per heavy atom. The molecule has 2 fully saturated rings. The van der Waals surface area contributed by atoms with Crippen molar-refractivity contribution >= 4 is 36.0 Å². The van der Waals surface area contributed by atoms with E-state index in [0.717, 1.165) is 51.9 Å². The summed E-state index contributed by atoms with van der Waals surface area (Å²) < 4.78 is 11.0. The molecular formula is C23H36IN5O3. The zero-order chi connectivity index (χ0) is 21.8. The van der Waals surface area contributed by atoms with Crippen LogP contribution in [0.5, 0.6) is 0 Å². The second kappa shape index (κ2) is 11.0. The van der Waals surface area contributed by atoms with Crippen molar-refractivity contribution < 1.29 is 14.3 Å². The Morgan fingerprint density at radius 1 is 1.16 bits per heavy atom. The van der Waals surface area contributed by atoms with E-state index in [-0.39, 0.29) is 36.1 Å². The molecule has 0 aliphatic carbocycles. The first-order valence-electron chi connectivity index (χ1n) is 11.3. The predicted molar refractivity (Wildman–Crippen MR) is 135 cm³/mol. The first-order chi connectivity index (χ1) is 14.9. The largest absolute Gasteiger partial charge is 0.444 e. The van der Waals surface area contributed by atoms with Gasteiger partial charge in [0.15, 0.2) is 5.96 Å². The van der Waals surface area contributed by atoms with Crippen LogP contribution in [0, 0.1) is 0 Å². The Morgan fingerprint density at radius 3 is 2.59 bits per heavy atom. The summed E-state index contributed by atoms with van der Waals surface area (Å²) in [5.41, 5.74) is 2.18. The number of nitrogens with zero attached hydrogens (tertiary/aromatic N) is 4. The summed E-state index contributed by atoms with van der Waals surface area (Å²) in [4.78, 5) is 23.7. The quantitative estimate of drug-likeness (QED) is 0.575. The van der Waals surface area contributed by atoms with Crippen molar-refractivity contribution in [3.8, 4) is 0 Å². The van der Waals surface area contributed by atoms with Crippen molar-refractivity contribution in [3.63, 3.8) is 0 Å². The number of nitrogens with one attached hydrogen (secondary N) is 1. The van der Waals surface area contributed by atoms with Gasteiger partial charge < -0.3 is 24.6 Å². The fourth-order valence-electron chi connectivity index (χ4n) is 4.28. The van der Waals surface area contributed by atoms with Crippen molar-refractivity contribution in [3.05, 3.63) is 35.4 Å². The highest BCUT2D eigenvalue weighted by Gasteiger charge is 2.36. The van der Waals surface area contributed by atoms with Gasteiger partial charge >= 0.3 is 6.09 Å². The molecule has 0 bridgehead atoms. The average Bonchev–Trinajstić information content (AvgIpc) is 3.15. The topological polar surface area (TPSA) is 69.6 Å². The van der Waals surface area contributed by atoms with E-state index < -0.39 is 5.60 Å². The van der Waals surface area contributed by atoms with E-state index >= 15 is 0 Å². The summed E-state index contributed by atoms with van der Waals surface area (Å²) in [6.07, 6.45) is -0.231. The van der Waals surface area contributed by atoms with E-state index in [4.69, 9.17) is 14.5 Å². The highest BCUT2D eigenvalue weighted by atomic mass is 127. The zero-order valence-electron chi connectivity index (χ0n) is 19.4. The van der Waals surface area contributed by atoms with Gasteiger partial charge in [0, 0.05) is 45.8 Å². The van der Waals surface area contributed by atoms with E-state index in [9.17, 15) is 4.79 Å². The summed E-state index contributed by atoms with van der Waals surface area (Å²) in [5.74, 6) is 0.940. The molecule has 4 rings (SSSR count). The van der Waals surface area contributed by atoms with E-state index in [1.807, 2.05) is 25.7 Å². The van der Waals surface area contributed by atoms with Gasteiger partial charge in [-0.15, -0.1) is 24.0 Å². The third-order valence-electron chi connectivity index (χ3n) is 5.91. The third-order valence-corrected chi connectivity index (χ3v) is 5.91. The number of hydrogen-bond donors (Lipinski definition) is 1. The summed E-state index contributed by atoms with van der Waals surface area (Å²) in [7, 11) is 0. The molecule has 1 amide bonds. The lowest BCUT2D eigenvalue weighted by atomic mass is 10.1. The molecule has 1 aromatic rings. The van der Waals surface area contributed by atoms with Crippen molar-refractivity contribution in [1.82, 2.24) is 20.0 Å². The number of rotatable bonds is 4. The Labute approximate surface area is 208 Å². The third kappa shape index (κ3) is 6.48. The van der Waals surface area contributed by atoms with Crippen LogP contribution >= 0.6 is 24.0 Å². The molecule has 1 N–H and O–H groups in total. The highest BCUT2D eigenvalue weighted by Crippen LogP contribution is 2.19. The van der Waals surface area contributed by atoms with Crippen molar-refractivity contribution in [1.29, 1.82) is 0 Å². The van der Waals surface area contributed by atoms with Crippen LogP contribution in [0.15, 0.2) is 29.3 Å². The molecule has 3 heterocycles. The molecule has 3 aliphatic rings. The van der Waals surface area contributed by atoms with Crippen LogP contribution in [0.3, 0.4) is 0 Å². The second-order valence-corrected chi connectivity index (χ2v) is 9.45. The summed E-state index contributed by atoms with van der Waals surface area (Å²) >= 11 is 0. The highest BCUT2D eigenvalue weighted by molar-refractivity contribution is 14.0. The molecule has 8 nitrogen and oxygen atoms in total. The molecule has 2 saturated heterocycles. The fraction of sp³-hybridized carbons (Fsp3) is 0.652. The average molecular weight is 557 g/mol. The lowest BCUT2D eigenvalue weighted by Gasteiger charge is -2.39. The molecule has 0 spiro atoms. The van der Waals surface area contributed by atoms with Gasteiger partial charge in [-0.2, -0.15) is 0 Å². The molecule has 1 atom stereocenters. The van der Waals surface area contributed by atoms with Crippen molar-refractivity contribution in [2.24, 2.45) is 4.99 Å². The van der Waals surface area contributed by atoms with Crippen LogP contribution in [0.4, 0.5) is 4.79 Å². The number of ether oxygens (including phenoxy) is 2. The molecular weight excluding hydrogens is 521 g/mol. The number of carbonyl (C=O) groups is 1. The normalized spacial score (nSPS) is 21.5. The number of carbonyl (C=O) groups excluding carboxylic acids is 1. The molecule has 0 aromatic heterocycles.